The van der Waals surface area contributed by atoms with Gasteiger partial charge in [0.1, 0.15) is 11.6 Å². The van der Waals surface area contributed by atoms with Crippen LogP contribution in [0.1, 0.15) is 42.5 Å². The van der Waals surface area contributed by atoms with Gasteiger partial charge in [-0.1, -0.05) is 0 Å². The summed E-state index contributed by atoms with van der Waals surface area (Å²) in [6.45, 7) is 2.41. The van der Waals surface area contributed by atoms with Gasteiger partial charge in [0, 0.05) is 38.6 Å². The number of likely N-dealkylation sites (tertiary alicyclic amines) is 1. The molecule has 0 saturated carbocycles. The summed E-state index contributed by atoms with van der Waals surface area (Å²) in [6, 6.07) is 2.82. The first-order valence-electron chi connectivity index (χ1n) is 8.59. The van der Waals surface area contributed by atoms with Crippen molar-refractivity contribution in [2.75, 3.05) is 26.2 Å². The van der Waals surface area contributed by atoms with Gasteiger partial charge in [-0.15, -0.1) is 12.4 Å². The zero-order chi connectivity index (χ0) is 18.2. The van der Waals surface area contributed by atoms with Crippen molar-refractivity contribution in [3.05, 3.63) is 35.4 Å². The highest BCUT2D eigenvalue weighted by molar-refractivity contribution is 5.98. The van der Waals surface area contributed by atoms with Gasteiger partial charge in [-0.05, 0) is 37.9 Å². The maximum absolute atomic E-state index is 13.6. The second-order valence-electron chi connectivity index (χ2n) is 6.14. The number of Topliss-reactive ketones (excluding diaryl/α,β-unsaturated/α-hetero) is 1. The number of carbonyl (C=O) groups is 2. The predicted octanol–water partition coefficient (Wildman–Crippen LogP) is 2.71. The van der Waals surface area contributed by atoms with Crippen molar-refractivity contribution in [3.8, 4) is 0 Å². The van der Waals surface area contributed by atoms with E-state index >= 15 is 0 Å². The molecule has 1 fully saturated rings. The molecule has 1 saturated heterocycles. The molecule has 0 aliphatic carbocycles. The highest BCUT2D eigenvalue weighted by Gasteiger charge is 2.24. The summed E-state index contributed by atoms with van der Waals surface area (Å²) in [5.41, 5.74) is 5.24. The van der Waals surface area contributed by atoms with Gasteiger partial charge in [0.05, 0.1) is 11.7 Å². The van der Waals surface area contributed by atoms with Gasteiger partial charge in [-0.2, -0.15) is 0 Å². The van der Waals surface area contributed by atoms with Crippen LogP contribution < -0.4 is 5.73 Å². The summed E-state index contributed by atoms with van der Waals surface area (Å²) in [7, 11) is 0. The summed E-state index contributed by atoms with van der Waals surface area (Å²) >= 11 is 0. The van der Waals surface area contributed by atoms with Crippen molar-refractivity contribution in [3.63, 3.8) is 0 Å². The van der Waals surface area contributed by atoms with Gasteiger partial charge in [-0.3, -0.25) is 9.59 Å². The Bertz CT molecular complexity index is 608. The summed E-state index contributed by atoms with van der Waals surface area (Å²) < 4.78 is 32.1. The normalized spacial score (nSPS) is 14.8. The molecule has 2 rings (SSSR count). The Hall–Kier alpha value is -1.57. The van der Waals surface area contributed by atoms with Crippen molar-refractivity contribution in [2.45, 2.75) is 38.2 Å². The molecule has 0 atom stereocenters. The van der Waals surface area contributed by atoms with E-state index in [1.807, 2.05) is 0 Å². The third-order valence-electron chi connectivity index (χ3n) is 4.29. The van der Waals surface area contributed by atoms with Crippen molar-refractivity contribution in [1.29, 1.82) is 0 Å². The number of ether oxygens (including phenoxy) is 1. The van der Waals surface area contributed by atoms with Crippen LogP contribution in [0, 0.1) is 11.6 Å². The highest BCUT2D eigenvalue weighted by atomic mass is 35.5. The summed E-state index contributed by atoms with van der Waals surface area (Å²) in [5.74, 6) is -2.25. The Morgan fingerprint density at radius 1 is 1.19 bits per heavy atom. The average Bonchev–Trinajstić information content (AvgIpc) is 2.60. The monoisotopic (exact) mass is 390 g/mol. The lowest BCUT2D eigenvalue weighted by Gasteiger charge is -2.32. The van der Waals surface area contributed by atoms with Crippen molar-refractivity contribution >= 4 is 24.1 Å². The molecule has 26 heavy (non-hydrogen) atoms. The SMILES string of the molecule is Cl.NCCCOC1CCN(C(=O)CCC(=O)c2ccc(F)cc2F)CC1. The molecule has 1 aromatic carbocycles. The van der Waals surface area contributed by atoms with Crippen LogP contribution in [-0.4, -0.2) is 48.9 Å². The number of nitrogens with two attached hydrogens (primary N) is 1. The van der Waals surface area contributed by atoms with Crippen LogP contribution in [-0.2, 0) is 9.53 Å². The van der Waals surface area contributed by atoms with Gasteiger partial charge in [-0.25, -0.2) is 8.78 Å². The summed E-state index contributed by atoms with van der Waals surface area (Å²) in [6.07, 6.45) is 2.42. The molecule has 146 valence electrons. The lowest BCUT2D eigenvalue weighted by molar-refractivity contribution is -0.133. The second-order valence-corrected chi connectivity index (χ2v) is 6.14. The third-order valence-corrected chi connectivity index (χ3v) is 4.29. The van der Waals surface area contributed by atoms with Gasteiger partial charge in [0.25, 0.3) is 0 Å². The summed E-state index contributed by atoms with van der Waals surface area (Å²) in [5, 5.41) is 0. The van der Waals surface area contributed by atoms with Crippen LogP contribution in [0.25, 0.3) is 0 Å². The van der Waals surface area contributed by atoms with E-state index in [1.165, 1.54) is 0 Å². The number of amides is 1. The molecular weight excluding hydrogens is 366 g/mol. The lowest BCUT2D eigenvalue weighted by Crippen LogP contribution is -2.41. The van der Waals surface area contributed by atoms with Crippen molar-refractivity contribution in [1.82, 2.24) is 4.90 Å². The number of piperidine rings is 1. The maximum atomic E-state index is 13.6. The molecule has 1 aliphatic heterocycles. The van der Waals surface area contributed by atoms with E-state index < -0.39 is 17.4 Å². The smallest absolute Gasteiger partial charge is 0.223 e. The van der Waals surface area contributed by atoms with E-state index in [-0.39, 0.29) is 42.8 Å². The Morgan fingerprint density at radius 3 is 2.50 bits per heavy atom. The number of halogens is 3. The van der Waals surface area contributed by atoms with E-state index in [1.54, 1.807) is 4.90 Å². The maximum Gasteiger partial charge on any atom is 0.223 e. The first kappa shape index (κ1) is 22.5. The first-order valence-corrected chi connectivity index (χ1v) is 8.59. The van der Waals surface area contributed by atoms with E-state index in [9.17, 15) is 18.4 Å². The number of benzene rings is 1. The molecule has 0 radical (unpaired) electrons. The number of hydrogen-bond acceptors (Lipinski definition) is 4. The van der Waals surface area contributed by atoms with Crippen LogP contribution >= 0.6 is 12.4 Å². The first-order chi connectivity index (χ1) is 12.0. The minimum atomic E-state index is -0.895. The number of rotatable bonds is 8. The zero-order valence-electron chi connectivity index (χ0n) is 14.6. The minimum absolute atomic E-state index is 0. The quantitative estimate of drug-likeness (QED) is 0.547. The van der Waals surface area contributed by atoms with Gasteiger partial charge >= 0.3 is 0 Å². The van der Waals surface area contributed by atoms with E-state index in [0.717, 1.165) is 31.4 Å². The van der Waals surface area contributed by atoms with Crippen molar-refractivity contribution in [2.24, 2.45) is 5.73 Å². The third kappa shape index (κ3) is 6.63. The number of carbonyl (C=O) groups excluding carboxylic acids is 2. The fraction of sp³-hybridized carbons (Fsp3) is 0.556. The molecule has 0 unspecified atom stereocenters. The van der Waals surface area contributed by atoms with Crippen LogP contribution in [0.2, 0.25) is 0 Å². The molecule has 0 bridgehead atoms. The van der Waals surface area contributed by atoms with Crippen LogP contribution in [0.5, 0.6) is 0 Å². The molecule has 1 aromatic rings. The van der Waals surface area contributed by atoms with Crippen molar-refractivity contribution < 1.29 is 23.1 Å². The van der Waals surface area contributed by atoms with Crippen LogP contribution in [0.4, 0.5) is 8.78 Å². The van der Waals surface area contributed by atoms with Gasteiger partial charge in [0.15, 0.2) is 5.78 Å². The highest BCUT2D eigenvalue weighted by Crippen LogP contribution is 2.17. The Labute approximate surface area is 158 Å². The lowest BCUT2D eigenvalue weighted by atomic mass is 10.0. The summed E-state index contributed by atoms with van der Waals surface area (Å²) in [4.78, 5) is 25.9. The van der Waals surface area contributed by atoms with Gasteiger partial charge < -0.3 is 15.4 Å². The van der Waals surface area contributed by atoms with Crippen LogP contribution in [0.15, 0.2) is 18.2 Å². The second kappa shape index (κ2) is 11.2. The fourth-order valence-corrected chi connectivity index (χ4v) is 2.83. The number of hydrogen-bond donors (Lipinski definition) is 1. The molecule has 2 N–H and O–H groups in total. The minimum Gasteiger partial charge on any atom is -0.378 e. The van der Waals surface area contributed by atoms with E-state index in [0.29, 0.717) is 32.3 Å². The van der Waals surface area contributed by atoms with E-state index in [4.69, 9.17) is 10.5 Å². The molecule has 0 spiro atoms. The Morgan fingerprint density at radius 2 is 1.88 bits per heavy atom. The number of ketones is 1. The number of nitrogens with zero attached hydrogens (tertiary/aromatic N) is 1. The molecule has 1 heterocycles. The molecule has 1 amide bonds. The molecule has 5 nitrogen and oxygen atoms in total. The molecule has 1 aliphatic rings. The largest absolute Gasteiger partial charge is 0.378 e. The molecule has 0 aromatic heterocycles. The Balaban J connectivity index is 0.00000338. The molecular formula is C18H25ClF2N2O3. The van der Waals surface area contributed by atoms with Gasteiger partial charge in [0.2, 0.25) is 5.91 Å². The Kier molecular flexibility index (Phi) is 9.69. The predicted molar refractivity (Wildman–Crippen MR) is 96.4 cm³/mol. The van der Waals surface area contributed by atoms with Crippen LogP contribution in [0.3, 0.4) is 0 Å². The average molecular weight is 391 g/mol. The standard InChI is InChI=1S/C18H24F2N2O3.ClH/c19-13-2-3-15(16(20)12-13)17(23)4-5-18(24)22-9-6-14(7-10-22)25-11-1-8-21;/h2-3,12,14H,1,4-11,21H2;1H. The zero-order valence-corrected chi connectivity index (χ0v) is 15.4. The molecule has 8 heteroatoms. The van der Waals surface area contributed by atoms with E-state index in [2.05, 4.69) is 0 Å². The fourth-order valence-electron chi connectivity index (χ4n) is 2.83. The topological polar surface area (TPSA) is 72.6 Å².